The molecule has 4 heteroatoms. The minimum Gasteiger partial charge on any atom is -0.465 e. The van der Waals surface area contributed by atoms with Gasteiger partial charge in [-0.1, -0.05) is 30.3 Å². The van der Waals surface area contributed by atoms with Crippen LogP contribution >= 0.6 is 0 Å². The molecule has 0 amide bonds. The van der Waals surface area contributed by atoms with Crippen molar-refractivity contribution in [1.29, 1.82) is 0 Å². The molecule has 0 radical (unpaired) electrons. The summed E-state index contributed by atoms with van der Waals surface area (Å²) in [4.78, 5) is 18.5. The minimum atomic E-state index is -0.547. The Morgan fingerprint density at radius 2 is 2.15 bits per heavy atom. The zero-order valence-corrected chi connectivity index (χ0v) is 11.7. The second kappa shape index (κ2) is 4.06. The van der Waals surface area contributed by atoms with Crippen molar-refractivity contribution < 1.29 is 14.4 Å². The number of rotatable bonds is 3. The van der Waals surface area contributed by atoms with E-state index in [0.717, 1.165) is 25.7 Å². The lowest BCUT2D eigenvalue weighted by molar-refractivity contribution is -0.196. The lowest BCUT2D eigenvalue weighted by atomic mass is 9.81. The summed E-state index contributed by atoms with van der Waals surface area (Å²) in [5.74, 6) is -0.111. The smallest absolute Gasteiger partial charge is 0.329 e. The topological polar surface area (TPSA) is 38.8 Å². The van der Waals surface area contributed by atoms with Gasteiger partial charge in [-0.15, -0.1) is 0 Å². The molecule has 1 aromatic carbocycles. The van der Waals surface area contributed by atoms with E-state index in [1.54, 1.807) is 0 Å². The van der Waals surface area contributed by atoms with Gasteiger partial charge in [0, 0.05) is 12.8 Å². The quantitative estimate of drug-likeness (QED) is 0.793. The normalized spacial score (nSPS) is 38.4. The van der Waals surface area contributed by atoms with E-state index in [0.29, 0.717) is 6.61 Å². The monoisotopic (exact) mass is 273 g/mol. The molecule has 0 aliphatic carbocycles. The van der Waals surface area contributed by atoms with Crippen LogP contribution < -0.4 is 0 Å². The third kappa shape index (κ3) is 1.36. The van der Waals surface area contributed by atoms with Crippen molar-refractivity contribution in [3.05, 3.63) is 35.9 Å². The largest absolute Gasteiger partial charge is 0.465 e. The maximum Gasteiger partial charge on any atom is 0.329 e. The van der Waals surface area contributed by atoms with Gasteiger partial charge in [-0.2, -0.15) is 5.06 Å². The summed E-state index contributed by atoms with van der Waals surface area (Å²) in [6, 6.07) is 10.4. The number of hydrogen-bond acceptors (Lipinski definition) is 4. The Kier molecular flexibility index (Phi) is 2.51. The highest BCUT2D eigenvalue weighted by Gasteiger charge is 2.71. The molecule has 4 nitrogen and oxygen atoms in total. The van der Waals surface area contributed by atoms with Crippen molar-refractivity contribution in [2.24, 2.45) is 0 Å². The van der Waals surface area contributed by atoms with Gasteiger partial charge in [0.1, 0.15) is 5.54 Å². The average Bonchev–Trinajstić information content (AvgIpc) is 3.06. The molecular weight excluding hydrogens is 254 g/mol. The molecule has 0 spiro atoms. The first-order valence-electron chi connectivity index (χ1n) is 7.41. The van der Waals surface area contributed by atoms with E-state index in [1.807, 2.05) is 18.1 Å². The maximum atomic E-state index is 12.4. The second-order valence-corrected chi connectivity index (χ2v) is 6.08. The van der Waals surface area contributed by atoms with Gasteiger partial charge in [-0.05, 0) is 25.3 Å². The molecule has 106 valence electrons. The Balaban J connectivity index is 1.75. The SMILES string of the molecule is CCOC(=O)[C@]12CC[C@]3(c4ccccc4)C[C@H](C1)ON23. The molecule has 4 rings (SSSR count). The Bertz CT molecular complexity index is 546. The fourth-order valence-electron chi connectivity index (χ4n) is 4.31. The maximum absolute atomic E-state index is 12.4. The van der Waals surface area contributed by atoms with Crippen molar-refractivity contribution in [3.63, 3.8) is 0 Å². The van der Waals surface area contributed by atoms with Gasteiger partial charge in [0.25, 0.3) is 0 Å². The summed E-state index contributed by atoms with van der Waals surface area (Å²) in [6.45, 7) is 2.29. The molecule has 0 N–H and O–H groups in total. The van der Waals surface area contributed by atoms with Crippen LogP contribution in [0.5, 0.6) is 0 Å². The van der Waals surface area contributed by atoms with E-state index in [2.05, 4.69) is 24.3 Å². The lowest BCUT2D eigenvalue weighted by Crippen LogP contribution is -2.53. The first-order chi connectivity index (χ1) is 9.71. The minimum absolute atomic E-state index is 0.111. The number of benzene rings is 1. The summed E-state index contributed by atoms with van der Waals surface area (Å²) < 4.78 is 5.32. The summed E-state index contributed by atoms with van der Waals surface area (Å²) in [5.41, 5.74) is 0.583. The number of carbonyl (C=O) groups is 1. The average molecular weight is 273 g/mol. The summed E-state index contributed by atoms with van der Waals surface area (Å²) >= 11 is 0. The van der Waals surface area contributed by atoms with Gasteiger partial charge in [0.2, 0.25) is 0 Å². The number of piperidine rings is 1. The van der Waals surface area contributed by atoms with Crippen LogP contribution in [0.25, 0.3) is 0 Å². The molecule has 3 heterocycles. The molecule has 3 atom stereocenters. The van der Waals surface area contributed by atoms with E-state index < -0.39 is 5.54 Å². The van der Waals surface area contributed by atoms with Gasteiger partial charge < -0.3 is 4.74 Å². The number of hydrogen-bond donors (Lipinski definition) is 0. The van der Waals surface area contributed by atoms with Crippen LogP contribution in [0.2, 0.25) is 0 Å². The third-order valence-electron chi connectivity index (χ3n) is 5.08. The number of nitrogens with zero attached hydrogens (tertiary/aromatic N) is 1. The molecule has 20 heavy (non-hydrogen) atoms. The molecule has 0 aromatic heterocycles. The number of hydroxylamine groups is 2. The van der Waals surface area contributed by atoms with E-state index in [-0.39, 0.29) is 17.6 Å². The Morgan fingerprint density at radius 1 is 1.35 bits per heavy atom. The molecule has 3 aliphatic heterocycles. The number of carbonyl (C=O) groups excluding carboxylic acids is 1. The number of ether oxygens (including phenoxy) is 1. The zero-order valence-electron chi connectivity index (χ0n) is 11.7. The first kappa shape index (κ1) is 12.4. The van der Waals surface area contributed by atoms with Crippen LogP contribution in [0.15, 0.2) is 30.3 Å². The van der Waals surface area contributed by atoms with E-state index in [9.17, 15) is 4.79 Å². The number of fused-ring (bicyclic) bond motifs is 1. The van der Waals surface area contributed by atoms with Crippen molar-refractivity contribution in [1.82, 2.24) is 5.06 Å². The molecule has 0 unspecified atom stereocenters. The van der Waals surface area contributed by atoms with E-state index >= 15 is 0 Å². The van der Waals surface area contributed by atoms with Gasteiger partial charge in [0.15, 0.2) is 0 Å². The zero-order chi connectivity index (χ0) is 13.8. The summed E-state index contributed by atoms with van der Waals surface area (Å²) in [7, 11) is 0. The third-order valence-corrected chi connectivity index (χ3v) is 5.08. The first-order valence-corrected chi connectivity index (χ1v) is 7.41. The Labute approximate surface area is 118 Å². The predicted octanol–water partition coefficient (Wildman–Crippen LogP) is 2.39. The molecular formula is C16H19NO3. The van der Waals surface area contributed by atoms with Crippen molar-refractivity contribution in [2.45, 2.75) is 49.8 Å². The standard InChI is InChI=1S/C16H19NO3/c1-2-19-14(18)16-9-8-15(12-6-4-3-5-7-12)10-13(11-16)20-17(15)16/h3-7,13H,2,8-11H2,1H3/t13-,15-,16+/m1/s1. The summed E-state index contributed by atoms with van der Waals surface area (Å²) in [6.07, 6.45) is 3.71. The van der Waals surface area contributed by atoms with E-state index in [4.69, 9.17) is 9.57 Å². The second-order valence-electron chi connectivity index (χ2n) is 6.08. The molecule has 0 saturated carbocycles. The number of esters is 1. The molecule has 2 bridgehead atoms. The van der Waals surface area contributed by atoms with Crippen LogP contribution in [-0.4, -0.2) is 29.3 Å². The van der Waals surface area contributed by atoms with Gasteiger partial charge in [-0.3, -0.25) is 4.84 Å². The fourth-order valence-corrected chi connectivity index (χ4v) is 4.31. The van der Waals surface area contributed by atoms with Gasteiger partial charge in [-0.25, -0.2) is 4.79 Å². The molecule has 3 fully saturated rings. The molecule has 3 aliphatic rings. The van der Waals surface area contributed by atoms with Crippen molar-refractivity contribution in [2.75, 3.05) is 6.61 Å². The van der Waals surface area contributed by atoms with Crippen LogP contribution in [0.1, 0.15) is 38.2 Å². The molecule has 1 aromatic rings. The summed E-state index contributed by atoms with van der Waals surface area (Å²) in [5, 5.41) is 1.98. The van der Waals surface area contributed by atoms with E-state index in [1.165, 1.54) is 5.56 Å². The predicted molar refractivity (Wildman–Crippen MR) is 72.7 cm³/mol. The van der Waals surface area contributed by atoms with Crippen LogP contribution in [-0.2, 0) is 19.9 Å². The van der Waals surface area contributed by atoms with Crippen molar-refractivity contribution >= 4 is 5.97 Å². The van der Waals surface area contributed by atoms with Gasteiger partial charge >= 0.3 is 5.97 Å². The van der Waals surface area contributed by atoms with Crippen LogP contribution in [0.3, 0.4) is 0 Å². The Morgan fingerprint density at radius 3 is 2.85 bits per heavy atom. The lowest BCUT2D eigenvalue weighted by Gasteiger charge is -2.38. The van der Waals surface area contributed by atoms with Gasteiger partial charge in [0.05, 0.1) is 18.2 Å². The molecule has 3 saturated heterocycles. The van der Waals surface area contributed by atoms with Crippen molar-refractivity contribution in [3.8, 4) is 0 Å². The highest BCUT2D eigenvalue weighted by atomic mass is 16.7. The fraction of sp³-hybridized carbons (Fsp3) is 0.562. The highest BCUT2D eigenvalue weighted by Crippen LogP contribution is 2.62. The van der Waals surface area contributed by atoms with Crippen LogP contribution in [0, 0.1) is 0 Å². The van der Waals surface area contributed by atoms with Crippen LogP contribution in [0.4, 0.5) is 0 Å². The Hall–Kier alpha value is -1.39. The highest BCUT2D eigenvalue weighted by molar-refractivity contribution is 5.82.